The van der Waals surface area contributed by atoms with E-state index in [2.05, 4.69) is 0 Å². The Labute approximate surface area is 142 Å². The Morgan fingerprint density at radius 1 is 0.950 bits per heavy atom. The van der Waals surface area contributed by atoms with E-state index in [9.17, 15) is 9.36 Å². The van der Waals surface area contributed by atoms with Gasteiger partial charge in [-0.3, -0.25) is 4.79 Å². The summed E-state index contributed by atoms with van der Waals surface area (Å²) in [4.78, 5) is 11.6. The van der Waals surface area contributed by atoms with Crippen LogP contribution in [0.1, 0.15) is 16.7 Å². The van der Waals surface area contributed by atoms with E-state index in [-0.39, 0.29) is 29.6 Å². The molecule has 0 N–H and O–H groups in total. The molecule has 0 aliphatic rings. The molecule has 0 aliphatic heterocycles. The zero-order chi connectivity index (χ0) is 14.0. The summed E-state index contributed by atoms with van der Waals surface area (Å²) in [6.07, 6.45) is 0. The summed E-state index contributed by atoms with van der Waals surface area (Å²) in [6.45, 7) is 5.82. The Morgan fingerprint density at radius 3 is 1.90 bits per heavy atom. The van der Waals surface area contributed by atoms with Crippen molar-refractivity contribution in [3.63, 3.8) is 0 Å². The molecule has 0 bridgehead atoms. The zero-order valence-corrected chi connectivity index (χ0v) is 12.3. The van der Waals surface area contributed by atoms with Gasteiger partial charge in [-0.05, 0) is 31.9 Å². The van der Waals surface area contributed by atoms with Crippen LogP contribution in [0.4, 0.5) is 0 Å². The number of carbonyl (C=O) groups is 1. The quantitative estimate of drug-likeness (QED) is 0.495. The summed E-state index contributed by atoms with van der Waals surface area (Å²) in [7, 11) is -3.18. The molecule has 0 heterocycles. The van der Waals surface area contributed by atoms with E-state index in [1.165, 1.54) is 0 Å². The molecule has 1 unspecified atom stereocenters. The van der Waals surface area contributed by atoms with Gasteiger partial charge in [-0.25, -0.2) is 0 Å². The van der Waals surface area contributed by atoms with Crippen LogP contribution >= 0.6 is 7.14 Å². The molecule has 0 fully saturated rings. The molecule has 0 amide bonds. The maximum atomic E-state index is 13.2. The molecule has 0 radical (unpaired) electrons. The van der Waals surface area contributed by atoms with Crippen LogP contribution in [0.5, 0.6) is 0 Å². The van der Waals surface area contributed by atoms with Gasteiger partial charge in [-0.2, -0.15) is 0 Å². The van der Waals surface area contributed by atoms with E-state index < -0.39 is 7.14 Å². The van der Waals surface area contributed by atoms with Crippen molar-refractivity contribution in [2.24, 2.45) is 0 Å². The second-order valence-electron chi connectivity index (χ2n) is 4.85. The minimum absolute atomic E-state index is 0. The summed E-state index contributed by atoms with van der Waals surface area (Å²) < 4.78 is 13.2. The van der Waals surface area contributed by atoms with Gasteiger partial charge in [0, 0.05) is 10.6 Å². The summed E-state index contributed by atoms with van der Waals surface area (Å²) in [5.74, 6) is 0. The SMILES string of the molecule is Cc1cc(C)c(P(=O)(C=O)c2ccccc2)c(C)c1.[NaH]. The first-order chi connectivity index (χ1) is 8.99. The minimum atomic E-state index is -3.18. The molecule has 100 valence electrons. The molecule has 0 saturated heterocycles. The van der Waals surface area contributed by atoms with Gasteiger partial charge < -0.3 is 4.57 Å². The summed E-state index contributed by atoms with van der Waals surface area (Å²) in [5.41, 5.74) is 2.94. The van der Waals surface area contributed by atoms with Gasteiger partial charge in [0.2, 0.25) is 7.14 Å². The molecule has 20 heavy (non-hydrogen) atoms. The van der Waals surface area contributed by atoms with Gasteiger partial charge in [0.15, 0.2) is 6.03 Å². The molecule has 2 rings (SSSR count). The predicted molar refractivity (Wildman–Crippen MR) is 87.9 cm³/mol. The molecule has 0 aromatic heterocycles. The van der Waals surface area contributed by atoms with E-state index >= 15 is 0 Å². The molecule has 2 aromatic carbocycles. The van der Waals surface area contributed by atoms with Crippen molar-refractivity contribution in [3.05, 3.63) is 59.2 Å². The number of carbonyl (C=O) groups excluding carboxylic acids is 1. The second-order valence-corrected chi connectivity index (χ2v) is 7.34. The van der Waals surface area contributed by atoms with Crippen LogP contribution in [0.15, 0.2) is 42.5 Å². The van der Waals surface area contributed by atoms with Crippen LogP contribution in [0.3, 0.4) is 0 Å². The molecule has 0 spiro atoms. The van der Waals surface area contributed by atoms with Crippen molar-refractivity contribution in [1.82, 2.24) is 0 Å². The Kier molecular flexibility index (Phi) is 5.97. The Bertz CT molecular complexity index is 642. The average Bonchev–Trinajstić information content (AvgIpc) is 2.38. The first-order valence-corrected chi connectivity index (χ1v) is 7.97. The second kappa shape index (κ2) is 6.87. The predicted octanol–water partition coefficient (Wildman–Crippen LogP) is 2.47. The molecule has 0 saturated carbocycles. The van der Waals surface area contributed by atoms with Crippen LogP contribution < -0.4 is 10.6 Å². The molecule has 0 aliphatic carbocycles. The van der Waals surface area contributed by atoms with E-state index in [4.69, 9.17) is 0 Å². The number of hydrogen-bond acceptors (Lipinski definition) is 2. The molecule has 2 nitrogen and oxygen atoms in total. The molecular weight excluding hydrogens is 278 g/mol. The van der Waals surface area contributed by atoms with Crippen molar-refractivity contribution >= 4 is 53.3 Å². The fourth-order valence-corrected chi connectivity index (χ4v) is 4.87. The topological polar surface area (TPSA) is 34.1 Å². The van der Waals surface area contributed by atoms with E-state index in [1.54, 1.807) is 12.1 Å². The zero-order valence-electron chi connectivity index (χ0n) is 11.4. The third-order valence-electron chi connectivity index (χ3n) is 3.26. The number of benzene rings is 2. The fourth-order valence-electron chi connectivity index (χ4n) is 2.59. The Morgan fingerprint density at radius 2 is 1.45 bits per heavy atom. The molecule has 4 heteroatoms. The van der Waals surface area contributed by atoms with Gasteiger partial charge >= 0.3 is 29.6 Å². The third-order valence-corrected chi connectivity index (χ3v) is 5.99. The fraction of sp³-hybridized carbons (Fsp3) is 0.188. The maximum absolute atomic E-state index is 13.2. The third kappa shape index (κ3) is 3.15. The first kappa shape index (κ1) is 17.4. The number of aryl methyl sites for hydroxylation is 3. The van der Waals surface area contributed by atoms with E-state index in [0.29, 0.717) is 16.6 Å². The summed E-state index contributed by atoms with van der Waals surface area (Å²) in [5, 5.41) is 1.28. The Hall–Kier alpha value is -0.660. The van der Waals surface area contributed by atoms with Crippen LogP contribution in [-0.4, -0.2) is 35.6 Å². The van der Waals surface area contributed by atoms with Crippen LogP contribution in [0.2, 0.25) is 0 Å². The van der Waals surface area contributed by atoms with Crippen molar-refractivity contribution in [2.45, 2.75) is 20.8 Å². The monoisotopic (exact) mass is 296 g/mol. The standard InChI is InChI=1S/C16H17O2P.Na.H/c1-12-9-13(2)16(14(3)10-12)19(18,11-17)15-7-5-4-6-8-15;;/h4-11H,1-3H3;;. The van der Waals surface area contributed by atoms with Gasteiger partial charge in [0.05, 0.1) is 0 Å². The summed E-state index contributed by atoms with van der Waals surface area (Å²) in [6, 6.07) is 13.6. The molecular formula is C16H18NaO2P. The normalized spacial score (nSPS) is 13.2. The van der Waals surface area contributed by atoms with E-state index in [0.717, 1.165) is 16.7 Å². The van der Waals surface area contributed by atoms with Gasteiger partial charge in [-0.1, -0.05) is 48.0 Å². The Balaban J connectivity index is 0.00000200. The van der Waals surface area contributed by atoms with Crippen molar-refractivity contribution in [3.8, 4) is 0 Å². The van der Waals surface area contributed by atoms with Crippen molar-refractivity contribution < 1.29 is 9.36 Å². The number of hydrogen-bond donors (Lipinski definition) is 0. The van der Waals surface area contributed by atoms with Crippen LogP contribution in [-0.2, 0) is 9.36 Å². The van der Waals surface area contributed by atoms with Crippen LogP contribution in [0.25, 0.3) is 0 Å². The van der Waals surface area contributed by atoms with Gasteiger partial charge in [0.25, 0.3) is 0 Å². The summed E-state index contributed by atoms with van der Waals surface area (Å²) >= 11 is 0. The average molecular weight is 296 g/mol. The molecule has 1 atom stereocenters. The first-order valence-electron chi connectivity index (χ1n) is 6.19. The molecule has 2 aromatic rings. The van der Waals surface area contributed by atoms with Crippen molar-refractivity contribution in [1.29, 1.82) is 0 Å². The van der Waals surface area contributed by atoms with Crippen LogP contribution in [0, 0.1) is 20.8 Å². The van der Waals surface area contributed by atoms with Gasteiger partial charge in [-0.15, -0.1) is 0 Å². The number of rotatable bonds is 3. The van der Waals surface area contributed by atoms with E-state index in [1.807, 2.05) is 51.1 Å². The van der Waals surface area contributed by atoms with Gasteiger partial charge in [0.1, 0.15) is 0 Å². The van der Waals surface area contributed by atoms with Crippen molar-refractivity contribution in [2.75, 3.05) is 0 Å².